The van der Waals surface area contributed by atoms with Crippen LogP contribution in [0.15, 0.2) is 9.85 Å². The average Bonchev–Trinajstić information content (AvgIpc) is 2.61. The predicted molar refractivity (Wildman–Crippen MR) is 54.2 cm³/mol. The molecule has 0 saturated carbocycles. The van der Waals surface area contributed by atoms with E-state index in [9.17, 15) is 13.5 Å². The van der Waals surface area contributed by atoms with Crippen molar-refractivity contribution in [1.82, 2.24) is 10.2 Å². The molecular formula is C6H8N2O3S3. The van der Waals surface area contributed by atoms with Gasteiger partial charge in [-0.2, -0.15) is 0 Å². The molecule has 0 spiro atoms. The Bertz CT molecular complexity index is 402. The Kier molecular flexibility index (Phi) is 2.78. The number of aromatic nitrogens is 2. The highest BCUT2D eigenvalue weighted by molar-refractivity contribution is 8.03. The van der Waals surface area contributed by atoms with Crippen LogP contribution in [0.25, 0.3) is 0 Å². The van der Waals surface area contributed by atoms with Crippen LogP contribution in [-0.4, -0.2) is 46.6 Å². The van der Waals surface area contributed by atoms with Crippen molar-refractivity contribution < 1.29 is 13.5 Å². The molecule has 1 aromatic rings. The molecule has 5 nitrogen and oxygen atoms in total. The van der Waals surface area contributed by atoms with Crippen molar-refractivity contribution >= 4 is 32.9 Å². The first-order chi connectivity index (χ1) is 6.57. The minimum atomic E-state index is -3.06. The van der Waals surface area contributed by atoms with E-state index >= 15 is 0 Å². The molecule has 1 aromatic heterocycles. The summed E-state index contributed by atoms with van der Waals surface area (Å²) in [6, 6.07) is 0. The molecule has 1 fully saturated rings. The van der Waals surface area contributed by atoms with Crippen molar-refractivity contribution in [3.8, 4) is 0 Å². The minimum absolute atomic E-state index is 0.0262. The third kappa shape index (κ3) is 2.25. The van der Waals surface area contributed by atoms with Crippen LogP contribution >= 0.6 is 23.1 Å². The van der Waals surface area contributed by atoms with E-state index in [1.807, 2.05) is 0 Å². The Labute approximate surface area is 89.5 Å². The topological polar surface area (TPSA) is 80.2 Å². The van der Waals surface area contributed by atoms with Crippen molar-refractivity contribution in [3.05, 3.63) is 5.51 Å². The highest BCUT2D eigenvalue weighted by atomic mass is 32.2. The van der Waals surface area contributed by atoms with Gasteiger partial charge in [-0.15, -0.1) is 10.2 Å². The maximum atomic E-state index is 11.2. The molecule has 0 bridgehead atoms. The van der Waals surface area contributed by atoms with E-state index in [2.05, 4.69) is 10.2 Å². The van der Waals surface area contributed by atoms with Gasteiger partial charge in [-0.25, -0.2) is 8.42 Å². The van der Waals surface area contributed by atoms with Crippen molar-refractivity contribution in [1.29, 1.82) is 0 Å². The summed E-state index contributed by atoms with van der Waals surface area (Å²) in [6.07, 6.45) is -0.783. The molecule has 2 heterocycles. The van der Waals surface area contributed by atoms with Gasteiger partial charge in [0.05, 0.1) is 22.9 Å². The summed E-state index contributed by atoms with van der Waals surface area (Å²) in [7, 11) is -3.06. The van der Waals surface area contributed by atoms with Crippen LogP contribution in [0.3, 0.4) is 0 Å². The van der Waals surface area contributed by atoms with Gasteiger partial charge in [0, 0.05) is 0 Å². The fourth-order valence-corrected chi connectivity index (χ4v) is 5.49. The molecule has 0 aliphatic carbocycles. The summed E-state index contributed by atoms with van der Waals surface area (Å²) in [6.45, 7) is 0. The number of aliphatic hydroxyl groups excluding tert-OH is 1. The second kappa shape index (κ2) is 3.76. The number of hydrogen-bond donors (Lipinski definition) is 1. The summed E-state index contributed by atoms with van der Waals surface area (Å²) in [5, 5.41) is 16.6. The van der Waals surface area contributed by atoms with E-state index in [1.165, 1.54) is 23.1 Å². The Morgan fingerprint density at radius 2 is 2.36 bits per heavy atom. The molecule has 2 unspecified atom stereocenters. The zero-order chi connectivity index (χ0) is 10.2. The van der Waals surface area contributed by atoms with Crippen LogP contribution in [0, 0.1) is 0 Å². The number of nitrogens with zero attached hydrogens (tertiary/aromatic N) is 2. The number of aliphatic hydroxyl groups is 1. The van der Waals surface area contributed by atoms with E-state index in [0.29, 0.717) is 4.34 Å². The minimum Gasteiger partial charge on any atom is -0.391 e. The van der Waals surface area contributed by atoms with Gasteiger partial charge in [0.15, 0.2) is 14.2 Å². The number of sulfone groups is 1. The molecule has 1 saturated heterocycles. The van der Waals surface area contributed by atoms with Gasteiger partial charge >= 0.3 is 0 Å². The van der Waals surface area contributed by atoms with E-state index in [0.717, 1.165) is 0 Å². The van der Waals surface area contributed by atoms with E-state index in [4.69, 9.17) is 0 Å². The Balaban J connectivity index is 2.07. The normalized spacial score (nSPS) is 30.6. The quantitative estimate of drug-likeness (QED) is 0.784. The van der Waals surface area contributed by atoms with Crippen LogP contribution in [0.2, 0.25) is 0 Å². The first kappa shape index (κ1) is 10.3. The van der Waals surface area contributed by atoms with Crippen LogP contribution < -0.4 is 0 Å². The van der Waals surface area contributed by atoms with Crippen molar-refractivity contribution in [2.45, 2.75) is 15.7 Å². The lowest BCUT2D eigenvalue weighted by atomic mass is 10.3. The van der Waals surface area contributed by atoms with Gasteiger partial charge < -0.3 is 5.11 Å². The summed E-state index contributed by atoms with van der Waals surface area (Å²) in [5.74, 6) is -0.109. The highest BCUT2D eigenvalue weighted by Gasteiger charge is 2.37. The lowest BCUT2D eigenvalue weighted by Gasteiger charge is -2.08. The molecular weight excluding hydrogens is 244 g/mol. The SMILES string of the molecule is O=S1(=O)CC(O)C(Sc2nncs2)C1. The lowest BCUT2D eigenvalue weighted by Crippen LogP contribution is -2.19. The zero-order valence-corrected chi connectivity index (χ0v) is 9.48. The summed E-state index contributed by atoms with van der Waals surface area (Å²) in [4.78, 5) is 0. The smallest absolute Gasteiger partial charge is 0.174 e. The molecule has 0 amide bonds. The summed E-state index contributed by atoms with van der Waals surface area (Å²) >= 11 is 2.63. The first-order valence-corrected chi connectivity index (χ1v) is 7.46. The fourth-order valence-electron chi connectivity index (χ4n) is 1.25. The molecule has 78 valence electrons. The monoisotopic (exact) mass is 252 g/mol. The molecule has 1 aliphatic heterocycles. The number of thioether (sulfide) groups is 1. The third-order valence-corrected chi connectivity index (χ3v) is 5.92. The zero-order valence-electron chi connectivity index (χ0n) is 7.03. The van der Waals surface area contributed by atoms with E-state index in [1.54, 1.807) is 5.51 Å². The number of rotatable bonds is 2. The maximum Gasteiger partial charge on any atom is 0.174 e. The van der Waals surface area contributed by atoms with Crippen molar-refractivity contribution in [2.24, 2.45) is 0 Å². The van der Waals surface area contributed by atoms with Crippen molar-refractivity contribution in [3.63, 3.8) is 0 Å². The molecule has 2 atom stereocenters. The highest BCUT2D eigenvalue weighted by Crippen LogP contribution is 2.31. The third-order valence-electron chi connectivity index (χ3n) is 1.86. The van der Waals surface area contributed by atoms with Gasteiger partial charge in [-0.3, -0.25) is 0 Å². The van der Waals surface area contributed by atoms with Crippen molar-refractivity contribution in [2.75, 3.05) is 11.5 Å². The second-order valence-electron chi connectivity index (χ2n) is 3.01. The average molecular weight is 252 g/mol. The standard InChI is InChI=1S/C6H8N2O3S3/c9-4-1-14(10,11)2-5(4)13-6-8-7-3-12-6/h3-5,9H,1-2H2. The van der Waals surface area contributed by atoms with Gasteiger partial charge in [-0.1, -0.05) is 23.1 Å². The predicted octanol–water partition coefficient (Wildman–Crippen LogP) is -0.212. The molecule has 14 heavy (non-hydrogen) atoms. The first-order valence-electron chi connectivity index (χ1n) is 3.88. The van der Waals surface area contributed by atoms with Gasteiger partial charge in [0.25, 0.3) is 0 Å². The van der Waals surface area contributed by atoms with Crippen LogP contribution in [0.5, 0.6) is 0 Å². The fraction of sp³-hybridized carbons (Fsp3) is 0.667. The molecule has 0 radical (unpaired) electrons. The Morgan fingerprint density at radius 1 is 1.57 bits per heavy atom. The summed E-state index contributed by atoms with van der Waals surface area (Å²) in [5.41, 5.74) is 1.58. The summed E-state index contributed by atoms with van der Waals surface area (Å²) < 4.78 is 23.0. The van der Waals surface area contributed by atoms with Crippen LogP contribution in [0.4, 0.5) is 0 Å². The van der Waals surface area contributed by atoms with Gasteiger partial charge in [0.1, 0.15) is 5.51 Å². The molecule has 8 heteroatoms. The largest absolute Gasteiger partial charge is 0.391 e. The molecule has 1 aliphatic rings. The van der Waals surface area contributed by atoms with Crippen LogP contribution in [-0.2, 0) is 9.84 Å². The molecule has 0 aromatic carbocycles. The molecule has 2 rings (SSSR count). The Hall–Kier alpha value is -0.180. The number of hydrogen-bond acceptors (Lipinski definition) is 7. The van der Waals surface area contributed by atoms with E-state index in [-0.39, 0.29) is 16.8 Å². The van der Waals surface area contributed by atoms with Crippen LogP contribution in [0.1, 0.15) is 0 Å². The van der Waals surface area contributed by atoms with Gasteiger partial charge in [0.2, 0.25) is 0 Å². The lowest BCUT2D eigenvalue weighted by molar-refractivity contribution is 0.207. The molecule has 1 N–H and O–H groups in total. The van der Waals surface area contributed by atoms with Gasteiger partial charge in [-0.05, 0) is 0 Å². The Morgan fingerprint density at radius 3 is 2.86 bits per heavy atom. The van der Waals surface area contributed by atoms with E-state index < -0.39 is 15.9 Å². The second-order valence-corrected chi connectivity index (χ2v) is 7.48. The maximum absolute atomic E-state index is 11.2.